The maximum Gasteiger partial charge on any atom is 0.421 e. The lowest BCUT2D eigenvalue weighted by Gasteiger charge is -2.01. The van der Waals surface area contributed by atoms with Gasteiger partial charge in [0, 0.05) is 0 Å². The van der Waals surface area contributed by atoms with Crippen LogP contribution in [0.4, 0.5) is 0 Å². The van der Waals surface area contributed by atoms with Crippen molar-refractivity contribution in [2.45, 2.75) is 6.54 Å². The zero-order chi connectivity index (χ0) is 16.2. The fraction of sp³-hybridized carbons (Fsp3) is 0.0556. The standard InChI is InChI=1S/C18H16N3O2.HI/c1-2-11-20-17(19-12-7-4-8-13-19)16(14-22)21(18(20)23)15-9-5-3-6-10-15;/h2-10,12-14H,1,11H2;1H/q+1;/p-1. The Labute approximate surface area is 156 Å². The van der Waals surface area contributed by atoms with Crippen LogP contribution in [-0.2, 0) is 6.54 Å². The van der Waals surface area contributed by atoms with Crippen LogP contribution < -0.4 is 34.2 Å². The van der Waals surface area contributed by atoms with Crippen molar-refractivity contribution in [2.24, 2.45) is 0 Å². The van der Waals surface area contributed by atoms with Gasteiger partial charge in [0.05, 0.1) is 18.1 Å². The van der Waals surface area contributed by atoms with Gasteiger partial charge < -0.3 is 24.0 Å². The van der Waals surface area contributed by atoms with Crippen molar-refractivity contribution < 1.29 is 33.3 Å². The molecule has 0 radical (unpaired) electrons. The van der Waals surface area contributed by atoms with Crippen LogP contribution in [0.1, 0.15) is 10.5 Å². The van der Waals surface area contributed by atoms with Gasteiger partial charge in [-0.2, -0.15) is 4.57 Å². The Morgan fingerprint density at radius 1 is 1.04 bits per heavy atom. The molecule has 3 rings (SSSR count). The molecule has 0 amide bonds. The first kappa shape index (κ1) is 17.9. The number of para-hydroxylation sites is 1. The molecule has 0 unspecified atom stereocenters. The van der Waals surface area contributed by atoms with Crippen LogP contribution in [0.25, 0.3) is 11.5 Å². The molecule has 1 aromatic carbocycles. The van der Waals surface area contributed by atoms with Crippen LogP contribution in [-0.4, -0.2) is 15.4 Å². The van der Waals surface area contributed by atoms with Crippen LogP contribution >= 0.6 is 0 Å². The number of imidazole rings is 1. The molecule has 2 aromatic heterocycles. The molecule has 24 heavy (non-hydrogen) atoms. The van der Waals surface area contributed by atoms with E-state index in [9.17, 15) is 9.59 Å². The van der Waals surface area contributed by atoms with Crippen LogP contribution in [0.2, 0.25) is 0 Å². The molecule has 0 fully saturated rings. The van der Waals surface area contributed by atoms with Crippen molar-refractivity contribution in [1.29, 1.82) is 0 Å². The second kappa shape index (κ2) is 7.87. The molecule has 0 aliphatic rings. The Morgan fingerprint density at radius 3 is 2.25 bits per heavy atom. The van der Waals surface area contributed by atoms with E-state index in [1.165, 1.54) is 9.13 Å². The highest BCUT2D eigenvalue weighted by atomic mass is 127. The molecule has 0 bridgehead atoms. The minimum absolute atomic E-state index is 0. The van der Waals surface area contributed by atoms with Gasteiger partial charge in [0.15, 0.2) is 12.0 Å². The Hall–Kier alpha value is -2.48. The van der Waals surface area contributed by atoms with E-state index in [1.807, 2.05) is 36.4 Å². The minimum atomic E-state index is -0.274. The molecule has 0 spiro atoms. The third kappa shape index (κ3) is 3.09. The minimum Gasteiger partial charge on any atom is -1.00 e. The lowest BCUT2D eigenvalue weighted by atomic mass is 10.3. The first-order chi connectivity index (χ1) is 11.3. The average molecular weight is 433 g/mol. The molecule has 122 valence electrons. The van der Waals surface area contributed by atoms with E-state index >= 15 is 0 Å². The normalized spacial score (nSPS) is 10.0. The number of hydrogen-bond donors (Lipinski definition) is 0. The van der Waals surface area contributed by atoms with E-state index in [4.69, 9.17) is 0 Å². The van der Waals surface area contributed by atoms with E-state index < -0.39 is 0 Å². The highest BCUT2D eigenvalue weighted by Gasteiger charge is 2.28. The fourth-order valence-corrected chi connectivity index (χ4v) is 2.59. The second-order valence-electron chi connectivity index (χ2n) is 4.96. The summed E-state index contributed by atoms with van der Waals surface area (Å²) in [5.74, 6) is 0.523. The lowest BCUT2D eigenvalue weighted by Crippen LogP contribution is -3.00. The van der Waals surface area contributed by atoms with Crippen molar-refractivity contribution >= 4 is 6.29 Å². The number of allylic oxidation sites excluding steroid dienone is 1. The van der Waals surface area contributed by atoms with Gasteiger partial charge in [-0.05, 0) is 24.3 Å². The zero-order valence-corrected chi connectivity index (χ0v) is 15.0. The summed E-state index contributed by atoms with van der Waals surface area (Å²) in [5, 5.41) is 0. The third-order valence-electron chi connectivity index (χ3n) is 3.55. The summed E-state index contributed by atoms with van der Waals surface area (Å²) in [6, 6.07) is 14.7. The second-order valence-corrected chi connectivity index (χ2v) is 4.96. The molecule has 2 heterocycles. The summed E-state index contributed by atoms with van der Waals surface area (Å²) in [5.41, 5.74) is 0.684. The smallest absolute Gasteiger partial charge is 0.421 e. The van der Waals surface area contributed by atoms with Gasteiger partial charge in [0.2, 0.25) is 0 Å². The molecule has 0 aliphatic heterocycles. The molecule has 0 N–H and O–H groups in total. The van der Waals surface area contributed by atoms with Crippen molar-refractivity contribution in [3.8, 4) is 11.5 Å². The molecule has 0 atom stereocenters. The number of nitrogens with zero attached hydrogens (tertiary/aromatic N) is 3. The topological polar surface area (TPSA) is 47.9 Å². The number of carbonyl (C=O) groups is 1. The maximum absolute atomic E-state index is 12.8. The summed E-state index contributed by atoms with van der Waals surface area (Å²) in [4.78, 5) is 24.6. The predicted molar refractivity (Wildman–Crippen MR) is 87.1 cm³/mol. The number of halogens is 1. The number of aldehydes is 1. The summed E-state index contributed by atoms with van der Waals surface area (Å²) < 4.78 is 4.71. The molecule has 0 saturated heterocycles. The molecule has 6 heteroatoms. The highest BCUT2D eigenvalue weighted by Crippen LogP contribution is 2.13. The summed E-state index contributed by atoms with van der Waals surface area (Å²) in [6.07, 6.45) is 5.95. The number of pyridine rings is 1. The first-order valence-electron chi connectivity index (χ1n) is 7.21. The number of rotatable bonds is 5. The monoisotopic (exact) mass is 433 g/mol. The van der Waals surface area contributed by atoms with Gasteiger partial charge in [-0.25, -0.2) is 13.9 Å². The van der Waals surface area contributed by atoms with Crippen LogP contribution in [0, 0.1) is 0 Å². The van der Waals surface area contributed by atoms with Crippen molar-refractivity contribution in [3.63, 3.8) is 0 Å². The summed E-state index contributed by atoms with van der Waals surface area (Å²) >= 11 is 0. The maximum atomic E-state index is 12.8. The van der Waals surface area contributed by atoms with Crippen molar-refractivity contribution in [1.82, 2.24) is 9.13 Å². The van der Waals surface area contributed by atoms with Crippen molar-refractivity contribution in [2.75, 3.05) is 0 Å². The summed E-state index contributed by atoms with van der Waals surface area (Å²) in [6.45, 7) is 4.02. The molecule has 3 aromatic rings. The highest BCUT2D eigenvalue weighted by molar-refractivity contribution is 5.77. The van der Waals surface area contributed by atoms with E-state index in [0.717, 1.165) is 0 Å². The summed E-state index contributed by atoms with van der Waals surface area (Å²) in [7, 11) is 0. The van der Waals surface area contributed by atoms with E-state index in [0.29, 0.717) is 30.0 Å². The number of hydrogen-bond acceptors (Lipinski definition) is 2. The molecular formula is C18H16IN3O2. The largest absolute Gasteiger partial charge is 1.00 e. The molecule has 0 saturated carbocycles. The zero-order valence-electron chi connectivity index (χ0n) is 12.9. The third-order valence-corrected chi connectivity index (χ3v) is 3.55. The molecule has 5 nitrogen and oxygen atoms in total. The van der Waals surface area contributed by atoms with E-state index in [2.05, 4.69) is 6.58 Å². The van der Waals surface area contributed by atoms with Crippen LogP contribution in [0.5, 0.6) is 0 Å². The SMILES string of the molecule is C=CCn1c(-[n+]2ccccc2)c(C=O)n(-c2ccccc2)c1=O.[I-]. The number of aromatic nitrogens is 3. The van der Waals surface area contributed by atoms with Gasteiger partial charge >= 0.3 is 11.5 Å². The van der Waals surface area contributed by atoms with E-state index in [-0.39, 0.29) is 29.7 Å². The fourth-order valence-electron chi connectivity index (χ4n) is 2.59. The number of benzene rings is 1. The Balaban J connectivity index is 0.00000208. The first-order valence-corrected chi connectivity index (χ1v) is 7.21. The van der Waals surface area contributed by atoms with E-state index in [1.54, 1.807) is 35.2 Å². The van der Waals surface area contributed by atoms with Gasteiger partial charge in [0.25, 0.3) is 0 Å². The molecular weight excluding hydrogens is 417 g/mol. The van der Waals surface area contributed by atoms with Gasteiger partial charge in [-0.1, -0.05) is 36.9 Å². The Bertz CT molecular complexity index is 899. The van der Waals surface area contributed by atoms with Gasteiger partial charge in [0.1, 0.15) is 6.54 Å². The van der Waals surface area contributed by atoms with Gasteiger partial charge in [-0.3, -0.25) is 4.79 Å². The van der Waals surface area contributed by atoms with Gasteiger partial charge in [-0.15, -0.1) is 0 Å². The number of carbonyl (C=O) groups excluding carboxylic acids is 1. The Kier molecular flexibility index (Phi) is 5.86. The van der Waals surface area contributed by atoms with Crippen LogP contribution in [0.15, 0.2) is 78.4 Å². The average Bonchev–Trinajstić information content (AvgIpc) is 2.89. The quantitative estimate of drug-likeness (QED) is 0.223. The van der Waals surface area contributed by atoms with Crippen molar-refractivity contribution in [3.05, 3.63) is 89.8 Å². The lowest BCUT2D eigenvalue weighted by molar-refractivity contribution is -0.601. The molecule has 0 aliphatic carbocycles. The predicted octanol–water partition coefficient (Wildman–Crippen LogP) is -1.08. The van der Waals surface area contributed by atoms with Crippen LogP contribution in [0.3, 0.4) is 0 Å². The Morgan fingerprint density at radius 2 is 1.67 bits per heavy atom.